The molecule has 1 aromatic rings. The summed E-state index contributed by atoms with van der Waals surface area (Å²) in [5, 5.41) is 3.15. The summed E-state index contributed by atoms with van der Waals surface area (Å²) in [5.74, 6) is 0.522. The maximum atomic E-state index is 12.6. The summed E-state index contributed by atoms with van der Waals surface area (Å²) in [6.45, 7) is 5.53. The monoisotopic (exact) mass is 310 g/mol. The molecule has 21 heavy (non-hydrogen) atoms. The molecule has 1 heterocycles. The van der Waals surface area contributed by atoms with Gasteiger partial charge in [-0.2, -0.15) is 4.31 Å². The quantitative estimate of drug-likeness (QED) is 0.879. The second kappa shape index (κ2) is 6.90. The maximum absolute atomic E-state index is 12.6. The minimum Gasteiger partial charge on any atom is -0.313 e. The lowest BCUT2D eigenvalue weighted by atomic mass is 10.0. The van der Waals surface area contributed by atoms with Crippen molar-refractivity contribution >= 4 is 10.0 Å². The van der Waals surface area contributed by atoms with Crippen LogP contribution in [0, 0.1) is 5.92 Å². The fourth-order valence-corrected chi connectivity index (χ4v) is 4.43. The third-order valence-corrected chi connectivity index (χ3v) is 6.28. The smallest absolute Gasteiger partial charge is 0.243 e. The topological polar surface area (TPSA) is 49.4 Å². The van der Waals surface area contributed by atoms with Gasteiger partial charge in [0.1, 0.15) is 0 Å². The highest BCUT2D eigenvalue weighted by molar-refractivity contribution is 7.89. The molecule has 0 aromatic heterocycles. The molecular formula is C16H26N2O2S. The van der Waals surface area contributed by atoms with Gasteiger partial charge in [0.25, 0.3) is 0 Å². The van der Waals surface area contributed by atoms with E-state index in [2.05, 4.69) is 19.2 Å². The molecule has 1 aliphatic rings. The van der Waals surface area contributed by atoms with Crippen molar-refractivity contribution < 1.29 is 8.42 Å². The van der Waals surface area contributed by atoms with Crippen molar-refractivity contribution in [2.45, 2.75) is 44.0 Å². The standard InChI is InChI=1S/C16H26N2O2S/c1-4-5-14-10-11-18(12-14)21(19,20)16-8-6-15(7-9-16)13(2)17-3/h6-9,13-14,17H,4-5,10-12H2,1-3H3. The molecule has 2 unspecified atom stereocenters. The first-order valence-corrected chi connectivity index (χ1v) is 9.20. The van der Waals surface area contributed by atoms with Gasteiger partial charge in [-0.25, -0.2) is 8.42 Å². The van der Waals surface area contributed by atoms with Gasteiger partial charge in [0.05, 0.1) is 4.90 Å². The molecule has 0 aliphatic carbocycles. The van der Waals surface area contributed by atoms with Crippen LogP contribution in [0.5, 0.6) is 0 Å². The number of hydrogen-bond acceptors (Lipinski definition) is 3. The van der Waals surface area contributed by atoms with Gasteiger partial charge in [0.15, 0.2) is 0 Å². The molecule has 2 rings (SSSR count). The van der Waals surface area contributed by atoms with Crippen LogP contribution in [-0.2, 0) is 10.0 Å². The number of nitrogens with zero attached hydrogens (tertiary/aromatic N) is 1. The van der Waals surface area contributed by atoms with E-state index in [-0.39, 0.29) is 6.04 Å². The number of sulfonamides is 1. The summed E-state index contributed by atoms with van der Waals surface area (Å²) in [6, 6.07) is 7.47. The van der Waals surface area contributed by atoms with Crippen molar-refractivity contribution in [2.75, 3.05) is 20.1 Å². The van der Waals surface area contributed by atoms with E-state index in [0.29, 0.717) is 23.9 Å². The molecule has 4 nitrogen and oxygen atoms in total. The Balaban J connectivity index is 2.13. The van der Waals surface area contributed by atoms with E-state index in [1.165, 1.54) is 0 Å². The van der Waals surface area contributed by atoms with Crippen molar-refractivity contribution in [2.24, 2.45) is 5.92 Å². The Morgan fingerprint density at radius 3 is 2.57 bits per heavy atom. The van der Waals surface area contributed by atoms with Crippen LogP contribution < -0.4 is 5.32 Å². The summed E-state index contributed by atoms with van der Waals surface area (Å²) in [4.78, 5) is 0.409. The average molecular weight is 310 g/mol. The normalized spacial score (nSPS) is 21.6. The highest BCUT2D eigenvalue weighted by Gasteiger charge is 2.31. The van der Waals surface area contributed by atoms with Gasteiger partial charge in [0.2, 0.25) is 10.0 Å². The molecule has 118 valence electrons. The van der Waals surface area contributed by atoms with Crippen LogP contribution in [0.4, 0.5) is 0 Å². The van der Waals surface area contributed by atoms with Gasteiger partial charge < -0.3 is 5.32 Å². The Bertz CT molecular complexity index is 554. The molecular weight excluding hydrogens is 284 g/mol. The van der Waals surface area contributed by atoms with E-state index < -0.39 is 10.0 Å². The van der Waals surface area contributed by atoms with Crippen molar-refractivity contribution in [1.29, 1.82) is 0 Å². The highest BCUT2D eigenvalue weighted by atomic mass is 32.2. The van der Waals surface area contributed by atoms with Crippen LogP contribution in [0.2, 0.25) is 0 Å². The lowest BCUT2D eigenvalue weighted by Gasteiger charge is -2.17. The highest BCUT2D eigenvalue weighted by Crippen LogP contribution is 2.27. The third-order valence-electron chi connectivity index (χ3n) is 4.40. The van der Waals surface area contributed by atoms with E-state index in [0.717, 1.165) is 24.8 Å². The maximum Gasteiger partial charge on any atom is 0.243 e. The van der Waals surface area contributed by atoms with Crippen LogP contribution >= 0.6 is 0 Å². The van der Waals surface area contributed by atoms with Crippen molar-refractivity contribution in [3.63, 3.8) is 0 Å². The molecule has 0 saturated carbocycles. The second-order valence-electron chi connectivity index (χ2n) is 5.89. The molecule has 0 amide bonds. The van der Waals surface area contributed by atoms with E-state index in [9.17, 15) is 8.42 Å². The molecule has 1 saturated heterocycles. The summed E-state index contributed by atoms with van der Waals surface area (Å²) >= 11 is 0. The van der Waals surface area contributed by atoms with Crippen molar-refractivity contribution in [3.05, 3.63) is 29.8 Å². The van der Waals surface area contributed by atoms with Gasteiger partial charge >= 0.3 is 0 Å². The first-order valence-electron chi connectivity index (χ1n) is 7.76. The average Bonchev–Trinajstić information content (AvgIpc) is 2.96. The van der Waals surface area contributed by atoms with E-state index in [1.54, 1.807) is 16.4 Å². The lowest BCUT2D eigenvalue weighted by molar-refractivity contribution is 0.444. The van der Waals surface area contributed by atoms with Crippen LogP contribution in [0.15, 0.2) is 29.2 Å². The number of nitrogens with one attached hydrogen (secondary N) is 1. The van der Waals surface area contributed by atoms with E-state index >= 15 is 0 Å². The first kappa shape index (κ1) is 16.5. The zero-order valence-corrected chi connectivity index (χ0v) is 14.0. The second-order valence-corrected chi connectivity index (χ2v) is 7.82. The molecule has 1 aliphatic heterocycles. The summed E-state index contributed by atoms with van der Waals surface area (Å²) in [6.07, 6.45) is 3.22. The minimum atomic E-state index is -3.33. The Kier molecular flexibility index (Phi) is 5.41. The van der Waals surface area contributed by atoms with Gasteiger partial charge in [0, 0.05) is 19.1 Å². The lowest BCUT2D eigenvalue weighted by Crippen LogP contribution is -2.29. The molecule has 0 radical (unpaired) electrons. The fraction of sp³-hybridized carbons (Fsp3) is 0.625. The molecule has 5 heteroatoms. The van der Waals surface area contributed by atoms with Crippen LogP contribution in [0.25, 0.3) is 0 Å². The van der Waals surface area contributed by atoms with Crippen LogP contribution in [-0.4, -0.2) is 32.9 Å². The predicted octanol–water partition coefficient (Wildman–Crippen LogP) is 2.78. The summed E-state index contributed by atoms with van der Waals surface area (Å²) < 4.78 is 26.9. The van der Waals surface area contributed by atoms with Crippen molar-refractivity contribution in [1.82, 2.24) is 9.62 Å². The minimum absolute atomic E-state index is 0.225. The summed E-state index contributed by atoms with van der Waals surface area (Å²) in [5.41, 5.74) is 1.10. The molecule has 1 N–H and O–H groups in total. The predicted molar refractivity (Wildman–Crippen MR) is 85.7 cm³/mol. The first-order chi connectivity index (χ1) is 9.98. The van der Waals surface area contributed by atoms with E-state index in [4.69, 9.17) is 0 Å². The Morgan fingerprint density at radius 1 is 1.33 bits per heavy atom. The molecule has 0 bridgehead atoms. The SMILES string of the molecule is CCCC1CCN(S(=O)(=O)c2ccc(C(C)NC)cc2)C1. The Morgan fingerprint density at radius 2 is 2.00 bits per heavy atom. The zero-order chi connectivity index (χ0) is 15.5. The molecule has 1 aromatic carbocycles. The number of rotatable bonds is 6. The number of hydrogen-bond donors (Lipinski definition) is 1. The zero-order valence-electron chi connectivity index (χ0n) is 13.2. The third kappa shape index (κ3) is 3.65. The largest absolute Gasteiger partial charge is 0.313 e. The fourth-order valence-electron chi connectivity index (χ4n) is 2.90. The van der Waals surface area contributed by atoms with Gasteiger partial charge in [-0.05, 0) is 50.4 Å². The Labute approximate surface area is 128 Å². The Hall–Kier alpha value is -0.910. The van der Waals surface area contributed by atoms with Gasteiger partial charge in [-0.15, -0.1) is 0 Å². The summed E-state index contributed by atoms with van der Waals surface area (Å²) in [7, 11) is -1.43. The molecule has 2 atom stereocenters. The van der Waals surface area contributed by atoms with Gasteiger partial charge in [-0.3, -0.25) is 0 Å². The van der Waals surface area contributed by atoms with Crippen LogP contribution in [0.1, 0.15) is 44.7 Å². The molecule has 1 fully saturated rings. The molecule has 0 spiro atoms. The van der Waals surface area contributed by atoms with Crippen LogP contribution in [0.3, 0.4) is 0 Å². The van der Waals surface area contributed by atoms with Crippen molar-refractivity contribution in [3.8, 4) is 0 Å². The number of benzene rings is 1. The van der Waals surface area contributed by atoms with Gasteiger partial charge in [-0.1, -0.05) is 25.5 Å². The van der Waals surface area contributed by atoms with E-state index in [1.807, 2.05) is 19.2 Å².